The van der Waals surface area contributed by atoms with Crippen molar-refractivity contribution in [3.63, 3.8) is 0 Å². The molecule has 1 aromatic rings. The largest absolute Gasteiger partial charge is 0.467 e. The van der Waals surface area contributed by atoms with Gasteiger partial charge >= 0.3 is 5.97 Å². The number of esters is 1. The average Bonchev–Trinajstić information content (AvgIpc) is 2.65. The van der Waals surface area contributed by atoms with Gasteiger partial charge in [0, 0.05) is 18.7 Å². The van der Waals surface area contributed by atoms with Gasteiger partial charge in [0.15, 0.2) is 0 Å². The highest BCUT2D eigenvalue weighted by Crippen LogP contribution is 2.26. The van der Waals surface area contributed by atoms with Crippen LogP contribution < -0.4 is 5.32 Å². The first-order valence-corrected chi connectivity index (χ1v) is 10.6. The molecule has 0 aliphatic rings. The van der Waals surface area contributed by atoms with Crippen molar-refractivity contribution in [1.29, 1.82) is 0 Å². The van der Waals surface area contributed by atoms with Gasteiger partial charge in [-0.15, -0.1) is 0 Å². The molecule has 0 spiro atoms. The predicted molar refractivity (Wildman–Crippen MR) is 104 cm³/mol. The highest BCUT2D eigenvalue weighted by molar-refractivity contribution is 7.89. The van der Waals surface area contributed by atoms with Gasteiger partial charge in [-0.2, -0.15) is 4.31 Å². The van der Waals surface area contributed by atoms with Gasteiger partial charge in [0.05, 0.1) is 12.1 Å². The zero-order valence-corrected chi connectivity index (χ0v) is 17.9. The quantitative estimate of drug-likeness (QED) is 0.622. The number of benzene rings is 1. The molecule has 1 amide bonds. The van der Waals surface area contributed by atoms with Crippen LogP contribution in [0.1, 0.15) is 44.5 Å². The van der Waals surface area contributed by atoms with Crippen molar-refractivity contribution >= 4 is 33.5 Å². The summed E-state index contributed by atoms with van der Waals surface area (Å²) in [7, 11) is -2.58. The van der Waals surface area contributed by atoms with E-state index in [0.29, 0.717) is 6.42 Å². The van der Waals surface area contributed by atoms with Crippen LogP contribution >= 0.6 is 11.6 Å². The van der Waals surface area contributed by atoms with Crippen LogP contribution in [0.4, 0.5) is 0 Å². The zero-order chi connectivity index (χ0) is 20.8. The van der Waals surface area contributed by atoms with E-state index in [0.717, 1.165) is 0 Å². The molecule has 0 heterocycles. The van der Waals surface area contributed by atoms with Gasteiger partial charge < -0.3 is 10.1 Å². The summed E-state index contributed by atoms with van der Waals surface area (Å²) in [6.45, 7) is 7.72. The molecule has 1 rings (SSSR count). The Morgan fingerprint density at radius 1 is 1.22 bits per heavy atom. The van der Waals surface area contributed by atoms with Gasteiger partial charge in [0.25, 0.3) is 5.91 Å². The molecule has 0 saturated heterocycles. The van der Waals surface area contributed by atoms with Crippen molar-refractivity contribution in [3.8, 4) is 0 Å². The zero-order valence-electron chi connectivity index (χ0n) is 16.3. The number of rotatable bonds is 9. The van der Waals surface area contributed by atoms with E-state index in [4.69, 9.17) is 16.3 Å². The molecule has 0 saturated carbocycles. The van der Waals surface area contributed by atoms with Crippen LogP contribution in [0.3, 0.4) is 0 Å². The SMILES string of the molecule is CC[C@@H](C)[C@H](NC(=O)c1ccc(Cl)c(S(=O)(=O)N(CC)CC)c1)C(=O)OC. The number of amides is 1. The molecular formula is C18H27ClN2O5S. The summed E-state index contributed by atoms with van der Waals surface area (Å²) < 4.78 is 31.5. The average molecular weight is 419 g/mol. The van der Waals surface area contributed by atoms with Crippen molar-refractivity contribution in [2.45, 2.75) is 45.1 Å². The van der Waals surface area contributed by atoms with E-state index >= 15 is 0 Å². The second-order valence-corrected chi connectivity index (χ2v) is 8.41. The van der Waals surface area contributed by atoms with Crippen LogP contribution in [0.25, 0.3) is 0 Å². The number of sulfonamides is 1. The maximum absolute atomic E-state index is 12.8. The third-order valence-corrected chi connectivity index (χ3v) is 7.00. The van der Waals surface area contributed by atoms with E-state index in [-0.39, 0.29) is 34.5 Å². The fraction of sp³-hybridized carbons (Fsp3) is 0.556. The Labute approximate surface area is 166 Å². The Morgan fingerprint density at radius 2 is 1.81 bits per heavy atom. The fourth-order valence-corrected chi connectivity index (χ4v) is 4.52. The van der Waals surface area contributed by atoms with E-state index in [1.165, 1.54) is 29.6 Å². The van der Waals surface area contributed by atoms with Gasteiger partial charge in [-0.1, -0.05) is 45.7 Å². The summed E-state index contributed by atoms with van der Waals surface area (Å²) in [6.07, 6.45) is 0.655. The molecule has 0 bridgehead atoms. The lowest BCUT2D eigenvalue weighted by Gasteiger charge is -2.22. The lowest BCUT2D eigenvalue weighted by Crippen LogP contribution is -2.45. The van der Waals surface area contributed by atoms with Crippen LogP contribution in [0, 0.1) is 5.92 Å². The highest BCUT2D eigenvalue weighted by atomic mass is 35.5. The topological polar surface area (TPSA) is 92.8 Å². The minimum Gasteiger partial charge on any atom is -0.467 e. The maximum atomic E-state index is 12.8. The maximum Gasteiger partial charge on any atom is 0.328 e. The fourth-order valence-electron chi connectivity index (χ4n) is 2.57. The van der Waals surface area contributed by atoms with Crippen molar-refractivity contribution in [1.82, 2.24) is 9.62 Å². The Balaban J connectivity index is 3.25. The summed E-state index contributed by atoms with van der Waals surface area (Å²) in [5.74, 6) is -1.27. The van der Waals surface area contributed by atoms with Gasteiger partial charge in [-0.25, -0.2) is 13.2 Å². The number of nitrogens with zero attached hydrogens (tertiary/aromatic N) is 1. The second-order valence-electron chi connectivity index (χ2n) is 6.09. The van der Waals surface area contributed by atoms with Crippen molar-refractivity contribution in [3.05, 3.63) is 28.8 Å². The summed E-state index contributed by atoms with van der Waals surface area (Å²) in [5, 5.41) is 2.66. The number of hydrogen-bond acceptors (Lipinski definition) is 5. The molecule has 0 radical (unpaired) electrons. The molecule has 152 valence electrons. The molecule has 0 aliphatic heterocycles. The van der Waals surface area contributed by atoms with E-state index < -0.39 is 27.9 Å². The van der Waals surface area contributed by atoms with Crippen LogP contribution in [0.5, 0.6) is 0 Å². The second kappa shape index (κ2) is 10.1. The van der Waals surface area contributed by atoms with Crippen LogP contribution in [-0.2, 0) is 19.6 Å². The minimum atomic E-state index is -3.83. The van der Waals surface area contributed by atoms with Crippen molar-refractivity contribution in [2.75, 3.05) is 20.2 Å². The Morgan fingerprint density at radius 3 is 2.30 bits per heavy atom. The standard InChI is InChI=1S/C18H27ClN2O5S/c1-6-12(4)16(18(23)26-5)20-17(22)13-9-10-14(19)15(11-13)27(24,25)21(7-2)8-3/h9-12,16H,6-8H2,1-5H3,(H,20,22)/t12-,16+/m1/s1. The number of halogens is 1. The molecule has 1 N–H and O–H groups in total. The van der Waals surface area contributed by atoms with Crippen molar-refractivity contribution in [2.24, 2.45) is 5.92 Å². The molecule has 0 aromatic heterocycles. The number of ether oxygens (including phenoxy) is 1. The van der Waals surface area contributed by atoms with E-state index in [2.05, 4.69) is 5.32 Å². The Hall–Kier alpha value is -1.64. The van der Waals surface area contributed by atoms with Crippen LogP contribution in [0.15, 0.2) is 23.1 Å². The first kappa shape index (κ1) is 23.4. The van der Waals surface area contributed by atoms with Gasteiger partial charge in [-0.3, -0.25) is 4.79 Å². The molecule has 0 unspecified atom stereocenters. The molecule has 1 aromatic carbocycles. The third kappa shape index (κ3) is 5.43. The summed E-state index contributed by atoms with van der Waals surface area (Å²) in [5.41, 5.74) is 0.0994. The summed E-state index contributed by atoms with van der Waals surface area (Å²) >= 11 is 6.08. The molecule has 9 heteroatoms. The van der Waals surface area contributed by atoms with Crippen LogP contribution in [-0.4, -0.2) is 50.8 Å². The molecule has 0 aliphatic carbocycles. The molecule has 0 fully saturated rings. The lowest BCUT2D eigenvalue weighted by atomic mass is 9.99. The van der Waals surface area contributed by atoms with E-state index in [1.54, 1.807) is 13.8 Å². The number of hydrogen-bond donors (Lipinski definition) is 1. The van der Waals surface area contributed by atoms with Crippen LogP contribution in [0.2, 0.25) is 5.02 Å². The lowest BCUT2D eigenvalue weighted by molar-refractivity contribution is -0.144. The molecule has 27 heavy (non-hydrogen) atoms. The Bertz CT molecular complexity index is 778. The normalized spacial score (nSPS) is 13.9. The predicted octanol–water partition coefficient (Wildman–Crippen LogP) is 2.69. The minimum absolute atomic E-state index is 0.0323. The molecular weight excluding hydrogens is 392 g/mol. The number of methoxy groups -OCH3 is 1. The van der Waals surface area contributed by atoms with Gasteiger partial charge in [0.1, 0.15) is 10.9 Å². The molecule has 2 atom stereocenters. The number of nitrogens with one attached hydrogen (secondary N) is 1. The van der Waals surface area contributed by atoms with E-state index in [9.17, 15) is 18.0 Å². The highest BCUT2D eigenvalue weighted by Gasteiger charge is 2.29. The molecule has 7 nitrogen and oxygen atoms in total. The first-order chi connectivity index (χ1) is 12.6. The van der Waals surface area contributed by atoms with Gasteiger partial charge in [0.2, 0.25) is 10.0 Å². The van der Waals surface area contributed by atoms with E-state index in [1.807, 2.05) is 13.8 Å². The number of carbonyl (C=O) groups is 2. The third-order valence-electron chi connectivity index (χ3n) is 4.47. The number of carbonyl (C=O) groups excluding carboxylic acids is 2. The van der Waals surface area contributed by atoms with Gasteiger partial charge in [-0.05, 0) is 24.1 Å². The first-order valence-electron chi connectivity index (χ1n) is 8.82. The Kier molecular flexibility index (Phi) is 8.71. The summed E-state index contributed by atoms with van der Waals surface area (Å²) in [4.78, 5) is 24.5. The smallest absolute Gasteiger partial charge is 0.328 e. The monoisotopic (exact) mass is 418 g/mol. The summed E-state index contributed by atoms with van der Waals surface area (Å²) in [6, 6.07) is 3.19. The van der Waals surface area contributed by atoms with Crippen molar-refractivity contribution < 1.29 is 22.7 Å².